The van der Waals surface area contributed by atoms with Gasteiger partial charge in [-0.05, 0) is 106 Å². The molecular weight excluding hydrogens is 558 g/mol. The van der Waals surface area contributed by atoms with Crippen molar-refractivity contribution in [1.29, 1.82) is 0 Å². The van der Waals surface area contributed by atoms with Gasteiger partial charge in [-0.1, -0.05) is 40.2 Å². The third kappa shape index (κ3) is 7.68. The summed E-state index contributed by atoms with van der Waals surface area (Å²) in [5.74, 6) is 1.77. The number of carbonyl (C=O) groups is 1. The highest BCUT2D eigenvalue weighted by molar-refractivity contribution is 7.94. The lowest BCUT2D eigenvalue weighted by Gasteiger charge is -2.26. The molecule has 2 aromatic carbocycles. The first-order valence-corrected chi connectivity index (χ1v) is 17.5. The number of piperidine rings is 1. The highest BCUT2D eigenvalue weighted by Crippen LogP contribution is 2.31. The Morgan fingerprint density at radius 2 is 1.67 bits per heavy atom. The van der Waals surface area contributed by atoms with Crippen molar-refractivity contribution in [3.63, 3.8) is 0 Å². The molecular formula is C34H47N5O3S. The molecule has 5 rings (SSSR count). The highest BCUT2D eigenvalue weighted by Gasteiger charge is 2.23. The van der Waals surface area contributed by atoms with Crippen LogP contribution in [0.3, 0.4) is 0 Å². The number of carbonyl (C=O) groups excluding carboxylic acids is 1. The van der Waals surface area contributed by atoms with E-state index < -0.39 is 9.84 Å². The number of anilines is 2. The van der Waals surface area contributed by atoms with Crippen LogP contribution in [0.4, 0.5) is 11.6 Å². The number of hydrogen-bond acceptors (Lipinski definition) is 6. The molecule has 2 aliphatic rings. The molecule has 3 aromatic rings. The van der Waals surface area contributed by atoms with Crippen LogP contribution in [0.15, 0.2) is 46.7 Å². The summed E-state index contributed by atoms with van der Waals surface area (Å²) in [4.78, 5) is 23.6. The predicted molar refractivity (Wildman–Crippen MR) is 175 cm³/mol. The van der Waals surface area contributed by atoms with E-state index in [2.05, 4.69) is 42.5 Å². The van der Waals surface area contributed by atoms with E-state index in [0.717, 1.165) is 69.6 Å². The van der Waals surface area contributed by atoms with E-state index in [0.29, 0.717) is 39.5 Å². The first-order valence-electron chi connectivity index (χ1n) is 16.0. The van der Waals surface area contributed by atoms with E-state index in [-0.39, 0.29) is 5.91 Å². The molecule has 0 spiro atoms. The molecule has 1 fully saturated rings. The predicted octanol–water partition coefficient (Wildman–Crippen LogP) is 6.95. The maximum Gasteiger partial charge on any atom is 0.253 e. The molecule has 0 atom stereocenters. The molecule has 9 heteroatoms. The van der Waals surface area contributed by atoms with Crippen molar-refractivity contribution in [2.45, 2.75) is 77.7 Å². The lowest BCUT2D eigenvalue weighted by Crippen LogP contribution is -2.34. The molecule has 0 aliphatic carbocycles. The van der Waals surface area contributed by atoms with Gasteiger partial charge in [-0.15, -0.1) is 0 Å². The van der Waals surface area contributed by atoms with Gasteiger partial charge < -0.3 is 19.7 Å². The van der Waals surface area contributed by atoms with E-state index in [4.69, 9.17) is 4.98 Å². The summed E-state index contributed by atoms with van der Waals surface area (Å²) in [5, 5.41) is 4.66. The molecule has 1 amide bonds. The van der Waals surface area contributed by atoms with Crippen LogP contribution in [0.5, 0.6) is 0 Å². The van der Waals surface area contributed by atoms with E-state index in [1.807, 2.05) is 35.2 Å². The number of benzene rings is 2. The summed E-state index contributed by atoms with van der Waals surface area (Å²) in [5.41, 5.74) is 3.77. The Morgan fingerprint density at radius 1 is 0.953 bits per heavy atom. The van der Waals surface area contributed by atoms with E-state index >= 15 is 0 Å². The van der Waals surface area contributed by atoms with Crippen LogP contribution in [0, 0.1) is 11.8 Å². The molecule has 1 N–H and O–H groups in total. The normalized spacial score (nSPS) is 16.3. The number of rotatable bonds is 13. The zero-order valence-corrected chi connectivity index (χ0v) is 27.0. The van der Waals surface area contributed by atoms with E-state index in [1.54, 1.807) is 12.1 Å². The zero-order chi connectivity index (χ0) is 30.6. The minimum Gasteiger partial charge on any atom is -0.339 e. The van der Waals surface area contributed by atoms with Gasteiger partial charge in [-0.2, -0.15) is 0 Å². The Hall–Kier alpha value is -3.17. The van der Waals surface area contributed by atoms with Crippen molar-refractivity contribution in [1.82, 2.24) is 19.4 Å². The third-order valence-electron chi connectivity index (χ3n) is 8.54. The van der Waals surface area contributed by atoms with Crippen molar-refractivity contribution in [3.8, 4) is 0 Å². The molecule has 0 bridgehead atoms. The van der Waals surface area contributed by atoms with Crippen LogP contribution in [-0.4, -0.2) is 66.4 Å². The molecule has 0 unspecified atom stereocenters. The number of hydrogen-bond donors (Lipinski definition) is 1. The van der Waals surface area contributed by atoms with E-state index in [1.165, 1.54) is 24.7 Å². The lowest BCUT2D eigenvalue weighted by molar-refractivity contribution is 0.0741. The highest BCUT2D eigenvalue weighted by atomic mass is 32.2. The van der Waals surface area contributed by atoms with Gasteiger partial charge in [0.05, 0.1) is 15.9 Å². The SMILES string of the molecule is CC(C)CCN(CCC(C)C)C(=O)c1ccc2nc(Nc3ccc4c(c3)S(=O)(=O)C=C4)n(CCCN3CCCCC3)c2c1. The standard InChI is InChI=1S/C34H47N5O3S/c1-25(2)13-20-38(21-14-26(3)4)33(40)28-10-12-30-31(23-28)39(19-8-18-37-16-6-5-7-17-37)34(36-30)35-29-11-9-27-15-22-43(41,42)32(27)24-29/h9-12,15,22-26H,5-8,13-14,16-21H2,1-4H3,(H,35,36). The number of nitrogens with zero attached hydrogens (tertiary/aromatic N) is 4. The van der Waals surface area contributed by atoms with Crippen LogP contribution >= 0.6 is 0 Å². The van der Waals surface area contributed by atoms with Gasteiger partial charge in [0, 0.05) is 36.3 Å². The smallest absolute Gasteiger partial charge is 0.253 e. The fraction of sp³-hybridized carbons (Fsp3) is 0.529. The van der Waals surface area contributed by atoms with Crippen LogP contribution < -0.4 is 5.32 Å². The fourth-order valence-corrected chi connectivity index (χ4v) is 7.13. The molecule has 0 saturated carbocycles. The second-order valence-corrected chi connectivity index (χ2v) is 14.7. The van der Waals surface area contributed by atoms with Crippen LogP contribution in [-0.2, 0) is 16.4 Å². The average Bonchev–Trinajstić information content (AvgIpc) is 3.48. The third-order valence-corrected chi connectivity index (χ3v) is 10.0. The molecule has 8 nitrogen and oxygen atoms in total. The Labute approximate surface area is 257 Å². The number of imidazole rings is 1. The van der Waals surface area contributed by atoms with Gasteiger partial charge in [0.15, 0.2) is 0 Å². The first-order chi connectivity index (χ1) is 20.6. The van der Waals surface area contributed by atoms with Gasteiger partial charge in [-0.25, -0.2) is 13.4 Å². The maximum absolute atomic E-state index is 13.8. The fourth-order valence-electron chi connectivity index (χ4n) is 5.90. The first kappa shape index (κ1) is 31.3. The van der Waals surface area contributed by atoms with Crippen molar-refractivity contribution < 1.29 is 13.2 Å². The minimum absolute atomic E-state index is 0.0649. The lowest BCUT2D eigenvalue weighted by atomic mass is 10.1. The molecule has 3 heterocycles. The second-order valence-electron chi connectivity index (χ2n) is 12.9. The number of fused-ring (bicyclic) bond motifs is 2. The summed E-state index contributed by atoms with van der Waals surface area (Å²) in [6.07, 6.45) is 8.36. The molecule has 1 saturated heterocycles. The van der Waals surface area contributed by atoms with Crippen LogP contribution in [0.25, 0.3) is 17.1 Å². The Balaban J connectivity index is 1.45. The largest absolute Gasteiger partial charge is 0.339 e. The van der Waals surface area contributed by atoms with Crippen LogP contribution in [0.1, 0.15) is 82.1 Å². The van der Waals surface area contributed by atoms with E-state index in [9.17, 15) is 13.2 Å². The summed E-state index contributed by atoms with van der Waals surface area (Å²) < 4.78 is 27.2. The summed E-state index contributed by atoms with van der Waals surface area (Å²) >= 11 is 0. The molecule has 0 radical (unpaired) electrons. The minimum atomic E-state index is -3.42. The number of amides is 1. The van der Waals surface area contributed by atoms with Gasteiger partial charge in [0.25, 0.3) is 5.91 Å². The Morgan fingerprint density at radius 3 is 2.37 bits per heavy atom. The average molecular weight is 606 g/mol. The Kier molecular flexibility index (Phi) is 9.92. The topological polar surface area (TPSA) is 87.5 Å². The van der Waals surface area contributed by atoms with Gasteiger partial charge >= 0.3 is 0 Å². The summed E-state index contributed by atoms with van der Waals surface area (Å²) in [6, 6.07) is 11.2. The number of aryl methyl sites for hydroxylation is 1. The zero-order valence-electron chi connectivity index (χ0n) is 26.2. The molecule has 43 heavy (non-hydrogen) atoms. The number of likely N-dealkylation sites (tertiary alicyclic amines) is 1. The van der Waals surface area contributed by atoms with Crippen molar-refractivity contribution >= 4 is 44.5 Å². The van der Waals surface area contributed by atoms with Gasteiger partial charge in [0.2, 0.25) is 15.8 Å². The summed E-state index contributed by atoms with van der Waals surface area (Å²) in [6.45, 7) is 14.3. The van der Waals surface area contributed by atoms with Crippen LogP contribution in [0.2, 0.25) is 0 Å². The van der Waals surface area contributed by atoms with Crippen molar-refractivity contribution in [2.75, 3.05) is 38.0 Å². The quantitative estimate of drug-likeness (QED) is 0.227. The van der Waals surface area contributed by atoms with Crippen molar-refractivity contribution in [2.24, 2.45) is 11.8 Å². The number of nitrogens with one attached hydrogen (secondary N) is 1. The second kappa shape index (κ2) is 13.6. The number of sulfone groups is 1. The molecule has 232 valence electrons. The van der Waals surface area contributed by atoms with Crippen molar-refractivity contribution in [3.05, 3.63) is 52.9 Å². The van der Waals surface area contributed by atoms with Gasteiger partial charge in [-0.3, -0.25) is 4.79 Å². The molecule has 1 aromatic heterocycles. The number of aromatic nitrogens is 2. The Bertz CT molecular complexity index is 1560. The monoisotopic (exact) mass is 605 g/mol. The van der Waals surface area contributed by atoms with Gasteiger partial charge in [0.1, 0.15) is 0 Å². The molecule has 2 aliphatic heterocycles. The maximum atomic E-state index is 13.8. The summed E-state index contributed by atoms with van der Waals surface area (Å²) in [7, 11) is -3.42.